The Kier molecular flexibility index (Phi) is 4.55. The SMILES string of the molecule is C=CC(=O)NCC1CN(c2ccc(N3CCOC3=O)c(F)c2)C(=O)O1. The number of cyclic esters (lactones) is 2. The molecule has 1 aromatic carbocycles. The van der Waals surface area contributed by atoms with Crippen molar-refractivity contribution in [2.45, 2.75) is 6.10 Å². The molecule has 0 bridgehead atoms. The lowest BCUT2D eigenvalue weighted by molar-refractivity contribution is -0.116. The van der Waals surface area contributed by atoms with Crippen molar-refractivity contribution in [3.8, 4) is 0 Å². The van der Waals surface area contributed by atoms with Gasteiger partial charge in [-0.15, -0.1) is 0 Å². The third-order valence-electron chi connectivity index (χ3n) is 3.86. The zero-order valence-electron chi connectivity index (χ0n) is 13.2. The van der Waals surface area contributed by atoms with E-state index in [0.717, 1.165) is 12.1 Å². The second kappa shape index (κ2) is 6.80. The topological polar surface area (TPSA) is 88.2 Å². The van der Waals surface area contributed by atoms with Crippen LogP contribution in [0.4, 0.5) is 25.4 Å². The fourth-order valence-electron chi connectivity index (χ4n) is 2.62. The van der Waals surface area contributed by atoms with E-state index < -0.39 is 24.1 Å². The van der Waals surface area contributed by atoms with Crippen molar-refractivity contribution in [1.29, 1.82) is 0 Å². The fourth-order valence-corrected chi connectivity index (χ4v) is 2.62. The Balaban J connectivity index is 1.70. The maximum atomic E-state index is 14.4. The van der Waals surface area contributed by atoms with Gasteiger partial charge in [-0.25, -0.2) is 14.0 Å². The Morgan fingerprint density at radius 2 is 2.16 bits per heavy atom. The first-order chi connectivity index (χ1) is 12.0. The van der Waals surface area contributed by atoms with Gasteiger partial charge in [-0.05, 0) is 24.3 Å². The van der Waals surface area contributed by atoms with Crippen LogP contribution >= 0.6 is 0 Å². The van der Waals surface area contributed by atoms with Gasteiger partial charge in [0.05, 0.1) is 31.0 Å². The van der Waals surface area contributed by atoms with Crippen LogP contribution in [0.25, 0.3) is 0 Å². The molecule has 2 fully saturated rings. The molecule has 2 saturated heterocycles. The standard InChI is InChI=1S/C16H16FN3O5/c1-2-14(21)18-8-11-9-20(16(23)25-11)10-3-4-13(12(17)7-10)19-5-6-24-15(19)22/h2-4,7,11H,1,5-6,8-9H2,(H,18,21). The summed E-state index contributed by atoms with van der Waals surface area (Å²) in [5.41, 5.74) is 0.393. The van der Waals surface area contributed by atoms with E-state index in [1.165, 1.54) is 21.9 Å². The number of hydrogen-bond donors (Lipinski definition) is 1. The molecule has 25 heavy (non-hydrogen) atoms. The van der Waals surface area contributed by atoms with E-state index in [2.05, 4.69) is 11.9 Å². The van der Waals surface area contributed by atoms with Gasteiger partial charge in [0.15, 0.2) is 0 Å². The summed E-state index contributed by atoms with van der Waals surface area (Å²) in [5.74, 6) is -1.02. The van der Waals surface area contributed by atoms with E-state index in [1.807, 2.05) is 0 Å². The number of nitrogens with one attached hydrogen (secondary N) is 1. The van der Waals surface area contributed by atoms with Crippen LogP contribution in [0.3, 0.4) is 0 Å². The molecule has 0 aliphatic carbocycles. The molecular weight excluding hydrogens is 333 g/mol. The highest BCUT2D eigenvalue weighted by Gasteiger charge is 2.33. The first kappa shape index (κ1) is 16.7. The number of anilines is 2. The number of amides is 3. The highest BCUT2D eigenvalue weighted by molar-refractivity contribution is 5.92. The number of benzene rings is 1. The van der Waals surface area contributed by atoms with Crippen LogP contribution in [0.15, 0.2) is 30.9 Å². The van der Waals surface area contributed by atoms with E-state index in [9.17, 15) is 18.8 Å². The van der Waals surface area contributed by atoms with Gasteiger partial charge in [0.2, 0.25) is 5.91 Å². The van der Waals surface area contributed by atoms with E-state index in [-0.39, 0.29) is 37.8 Å². The van der Waals surface area contributed by atoms with Crippen LogP contribution in [0, 0.1) is 5.82 Å². The Hall–Kier alpha value is -3.10. The Bertz CT molecular complexity index is 738. The van der Waals surface area contributed by atoms with Crippen molar-refractivity contribution in [3.05, 3.63) is 36.7 Å². The molecule has 0 spiro atoms. The smallest absolute Gasteiger partial charge is 0.414 e. The maximum absolute atomic E-state index is 14.4. The molecule has 0 aromatic heterocycles. The molecule has 132 valence electrons. The minimum atomic E-state index is -0.646. The predicted octanol–water partition coefficient (Wildman–Crippen LogP) is 1.41. The summed E-state index contributed by atoms with van der Waals surface area (Å²) in [6, 6.07) is 4.10. The van der Waals surface area contributed by atoms with Crippen molar-refractivity contribution in [2.75, 3.05) is 36.0 Å². The van der Waals surface area contributed by atoms with Crippen molar-refractivity contribution in [1.82, 2.24) is 5.32 Å². The van der Waals surface area contributed by atoms with Crippen LogP contribution in [0.5, 0.6) is 0 Å². The molecule has 2 heterocycles. The van der Waals surface area contributed by atoms with Gasteiger partial charge in [-0.1, -0.05) is 6.58 Å². The van der Waals surface area contributed by atoms with Gasteiger partial charge in [-0.2, -0.15) is 0 Å². The summed E-state index contributed by atoms with van der Waals surface area (Å²) >= 11 is 0. The van der Waals surface area contributed by atoms with Crippen LogP contribution in [0.1, 0.15) is 0 Å². The molecule has 0 saturated carbocycles. The number of nitrogens with zero attached hydrogens (tertiary/aromatic N) is 2. The van der Waals surface area contributed by atoms with Crippen LogP contribution < -0.4 is 15.1 Å². The molecule has 1 aromatic rings. The van der Waals surface area contributed by atoms with Gasteiger partial charge >= 0.3 is 12.2 Å². The van der Waals surface area contributed by atoms with Gasteiger partial charge in [0, 0.05) is 0 Å². The van der Waals surface area contributed by atoms with Crippen LogP contribution in [0.2, 0.25) is 0 Å². The van der Waals surface area contributed by atoms with Crippen LogP contribution in [-0.2, 0) is 14.3 Å². The molecule has 1 atom stereocenters. The zero-order chi connectivity index (χ0) is 18.0. The average Bonchev–Trinajstić information content (AvgIpc) is 3.18. The molecule has 0 radical (unpaired) electrons. The van der Waals surface area contributed by atoms with Gasteiger partial charge in [0.25, 0.3) is 0 Å². The van der Waals surface area contributed by atoms with Crippen molar-refractivity contribution >= 4 is 29.5 Å². The predicted molar refractivity (Wildman–Crippen MR) is 85.9 cm³/mol. The molecule has 2 aliphatic heterocycles. The van der Waals surface area contributed by atoms with E-state index in [1.54, 1.807) is 0 Å². The quantitative estimate of drug-likeness (QED) is 0.812. The maximum Gasteiger partial charge on any atom is 0.414 e. The first-order valence-corrected chi connectivity index (χ1v) is 7.62. The molecular formula is C16H16FN3O5. The lowest BCUT2D eigenvalue weighted by atomic mass is 10.2. The molecule has 1 unspecified atom stereocenters. The average molecular weight is 349 g/mol. The minimum Gasteiger partial charge on any atom is -0.447 e. The zero-order valence-corrected chi connectivity index (χ0v) is 13.2. The minimum absolute atomic E-state index is 0.0913. The van der Waals surface area contributed by atoms with E-state index >= 15 is 0 Å². The summed E-state index contributed by atoms with van der Waals surface area (Å²) < 4.78 is 24.3. The van der Waals surface area contributed by atoms with Crippen molar-refractivity contribution in [3.63, 3.8) is 0 Å². The highest BCUT2D eigenvalue weighted by Crippen LogP contribution is 2.29. The van der Waals surface area contributed by atoms with Crippen LogP contribution in [-0.4, -0.2) is 50.4 Å². The molecule has 8 nitrogen and oxygen atoms in total. The Morgan fingerprint density at radius 1 is 1.36 bits per heavy atom. The monoisotopic (exact) mass is 349 g/mol. The Labute approximate surface area is 142 Å². The number of carbonyl (C=O) groups is 3. The molecule has 1 N–H and O–H groups in total. The van der Waals surface area contributed by atoms with Gasteiger partial charge in [-0.3, -0.25) is 14.6 Å². The number of carbonyl (C=O) groups excluding carboxylic acids is 3. The Morgan fingerprint density at radius 3 is 2.80 bits per heavy atom. The lowest BCUT2D eigenvalue weighted by Crippen LogP contribution is -2.33. The third-order valence-corrected chi connectivity index (χ3v) is 3.86. The number of hydrogen-bond acceptors (Lipinski definition) is 5. The molecule has 9 heteroatoms. The number of rotatable bonds is 5. The lowest BCUT2D eigenvalue weighted by Gasteiger charge is -2.17. The fraction of sp³-hybridized carbons (Fsp3) is 0.312. The largest absolute Gasteiger partial charge is 0.447 e. The second-order valence-corrected chi connectivity index (χ2v) is 5.47. The second-order valence-electron chi connectivity index (χ2n) is 5.47. The first-order valence-electron chi connectivity index (χ1n) is 7.62. The number of ether oxygens (including phenoxy) is 2. The summed E-state index contributed by atoms with van der Waals surface area (Å²) in [6.45, 7) is 4.10. The summed E-state index contributed by atoms with van der Waals surface area (Å²) in [4.78, 5) is 37.1. The third kappa shape index (κ3) is 3.39. The number of halogens is 1. The van der Waals surface area contributed by atoms with E-state index in [4.69, 9.17) is 9.47 Å². The van der Waals surface area contributed by atoms with Crippen molar-refractivity contribution < 1.29 is 28.2 Å². The highest BCUT2D eigenvalue weighted by atomic mass is 19.1. The summed E-state index contributed by atoms with van der Waals surface area (Å²) in [6.07, 6.45) is -0.671. The van der Waals surface area contributed by atoms with E-state index in [0.29, 0.717) is 5.69 Å². The summed E-state index contributed by atoms with van der Waals surface area (Å²) in [7, 11) is 0. The van der Waals surface area contributed by atoms with Gasteiger partial charge < -0.3 is 14.8 Å². The molecule has 2 aliphatic rings. The summed E-state index contributed by atoms with van der Waals surface area (Å²) in [5, 5.41) is 2.54. The normalized spacial score (nSPS) is 19.6. The molecule has 3 rings (SSSR count). The molecule has 3 amide bonds. The van der Waals surface area contributed by atoms with Crippen molar-refractivity contribution in [2.24, 2.45) is 0 Å². The van der Waals surface area contributed by atoms with Gasteiger partial charge in [0.1, 0.15) is 18.5 Å².